The Morgan fingerprint density at radius 3 is 1.83 bits per heavy atom. The zero-order chi connectivity index (χ0) is 30.1. The third kappa shape index (κ3) is 13.3. The zero-order valence-corrected chi connectivity index (χ0v) is 26.9. The second kappa shape index (κ2) is 18.6. The van der Waals surface area contributed by atoms with E-state index in [2.05, 4.69) is 39.1 Å². The molecular formula is C36H62N2O3. The van der Waals surface area contributed by atoms with Gasteiger partial charge in [0.2, 0.25) is 0 Å². The number of carbonyl (C=O) groups is 2. The van der Waals surface area contributed by atoms with E-state index in [-0.39, 0.29) is 17.2 Å². The topological polar surface area (TPSA) is 92.4 Å². The maximum absolute atomic E-state index is 13.7. The Morgan fingerprint density at radius 2 is 1.32 bits per heavy atom. The number of aryl methyl sites for hydroxylation is 1. The van der Waals surface area contributed by atoms with Gasteiger partial charge in [0, 0.05) is 11.6 Å². The molecule has 3 unspecified atom stereocenters. The van der Waals surface area contributed by atoms with Crippen molar-refractivity contribution < 1.29 is 14.7 Å². The second-order valence-corrected chi connectivity index (χ2v) is 14.1. The molecule has 1 aromatic carbocycles. The molecule has 41 heavy (non-hydrogen) atoms. The second-order valence-electron chi connectivity index (χ2n) is 14.1. The first-order chi connectivity index (χ1) is 19.6. The van der Waals surface area contributed by atoms with Gasteiger partial charge in [-0.3, -0.25) is 4.79 Å². The van der Waals surface area contributed by atoms with Gasteiger partial charge in [0.15, 0.2) is 5.78 Å². The molecular weight excluding hydrogens is 508 g/mol. The Kier molecular flexibility index (Phi) is 16.0. The van der Waals surface area contributed by atoms with Crippen molar-refractivity contribution in [2.75, 3.05) is 0 Å². The lowest BCUT2D eigenvalue weighted by atomic mass is 9.59. The van der Waals surface area contributed by atoms with E-state index in [1.54, 1.807) is 0 Å². The number of amides is 1. The number of ketones is 1. The predicted octanol–water partition coefficient (Wildman–Crippen LogP) is 9.85. The van der Waals surface area contributed by atoms with Crippen LogP contribution in [0, 0.1) is 10.8 Å². The van der Waals surface area contributed by atoms with Crippen molar-refractivity contribution in [1.82, 2.24) is 5.32 Å². The smallest absolute Gasteiger partial charge is 0.404 e. The van der Waals surface area contributed by atoms with Crippen molar-refractivity contribution in [3.8, 4) is 0 Å². The van der Waals surface area contributed by atoms with Gasteiger partial charge in [-0.25, -0.2) is 4.79 Å². The Labute approximate surface area is 251 Å². The molecule has 1 aliphatic rings. The van der Waals surface area contributed by atoms with E-state index >= 15 is 0 Å². The highest BCUT2D eigenvalue weighted by Crippen LogP contribution is 2.48. The number of Topliss-reactive ketones (excluding diaryl/α,β-unsaturated/α-hetero) is 1. The van der Waals surface area contributed by atoms with Crippen LogP contribution in [0.5, 0.6) is 0 Å². The summed E-state index contributed by atoms with van der Waals surface area (Å²) in [6, 6.07) is 7.09. The normalized spacial score (nSPS) is 21.0. The van der Waals surface area contributed by atoms with Gasteiger partial charge in [0.05, 0.1) is 6.04 Å². The number of benzene rings is 1. The Hall–Kier alpha value is -1.88. The molecule has 0 saturated heterocycles. The molecule has 0 spiro atoms. The minimum atomic E-state index is -1.01. The van der Waals surface area contributed by atoms with E-state index < -0.39 is 17.6 Å². The SMILES string of the molecule is CCCCCCCCCCCCCCCCCCc1ccccc1C(=O)C(N)C1(C)CC(NC(=O)O)CC(C)(C)C1. The summed E-state index contributed by atoms with van der Waals surface area (Å²) in [5.41, 5.74) is 7.99. The highest BCUT2D eigenvalue weighted by molar-refractivity contribution is 6.01. The number of unbranched alkanes of at least 4 members (excludes halogenated alkanes) is 15. The van der Waals surface area contributed by atoms with Crippen molar-refractivity contribution >= 4 is 11.9 Å². The van der Waals surface area contributed by atoms with Crippen LogP contribution in [-0.4, -0.2) is 29.1 Å². The quantitative estimate of drug-likeness (QED) is 0.101. The Balaban J connectivity index is 1.70. The maximum atomic E-state index is 13.7. The largest absolute Gasteiger partial charge is 0.465 e. The number of carbonyl (C=O) groups excluding carboxylic acids is 1. The minimum absolute atomic E-state index is 0.00799. The molecule has 1 saturated carbocycles. The van der Waals surface area contributed by atoms with Crippen LogP contribution in [0.4, 0.5) is 4.79 Å². The van der Waals surface area contributed by atoms with Crippen molar-refractivity contribution in [2.24, 2.45) is 16.6 Å². The summed E-state index contributed by atoms with van der Waals surface area (Å²) in [6.45, 7) is 8.62. The third-order valence-electron chi connectivity index (χ3n) is 9.34. The first-order valence-corrected chi connectivity index (χ1v) is 16.9. The highest BCUT2D eigenvalue weighted by Gasteiger charge is 2.47. The van der Waals surface area contributed by atoms with E-state index in [9.17, 15) is 14.7 Å². The zero-order valence-electron chi connectivity index (χ0n) is 26.9. The number of rotatable bonds is 21. The fourth-order valence-corrected chi connectivity index (χ4v) is 7.38. The van der Waals surface area contributed by atoms with E-state index in [0.717, 1.165) is 36.8 Å². The van der Waals surface area contributed by atoms with E-state index in [1.807, 2.05) is 18.2 Å². The Morgan fingerprint density at radius 1 is 0.829 bits per heavy atom. The van der Waals surface area contributed by atoms with Crippen LogP contribution < -0.4 is 11.1 Å². The predicted molar refractivity (Wildman–Crippen MR) is 173 cm³/mol. The molecule has 2 rings (SSSR count). The first-order valence-electron chi connectivity index (χ1n) is 16.9. The molecule has 1 amide bonds. The minimum Gasteiger partial charge on any atom is -0.465 e. The van der Waals surface area contributed by atoms with Crippen molar-refractivity contribution in [2.45, 2.75) is 168 Å². The summed E-state index contributed by atoms with van der Waals surface area (Å²) in [5.74, 6) is -0.00799. The fourth-order valence-electron chi connectivity index (χ4n) is 7.38. The molecule has 0 heterocycles. The summed E-state index contributed by atoms with van der Waals surface area (Å²) < 4.78 is 0. The van der Waals surface area contributed by atoms with Gasteiger partial charge in [0.1, 0.15) is 0 Å². The number of hydrogen-bond donors (Lipinski definition) is 3. The van der Waals surface area contributed by atoms with Crippen LogP contribution in [0.25, 0.3) is 0 Å². The van der Waals surface area contributed by atoms with Gasteiger partial charge < -0.3 is 16.2 Å². The molecule has 3 atom stereocenters. The standard InChI is InChI=1S/C36H62N2O3/c1-5-6-7-8-9-10-11-12-13-14-15-16-17-18-19-20-23-29-24-21-22-25-31(29)32(39)33(37)36(4)27-30(38-34(40)41)26-35(2,3)28-36/h21-22,24-25,30,33,38H,5-20,23,26-28,37H2,1-4H3,(H,40,41). The third-order valence-corrected chi connectivity index (χ3v) is 9.34. The number of nitrogens with two attached hydrogens (primary N) is 1. The van der Waals surface area contributed by atoms with E-state index in [0.29, 0.717) is 6.42 Å². The van der Waals surface area contributed by atoms with Crippen LogP contribution in [0.3, 0.4) is 0 Å². The van der Waals surface area contributed by atoms with Crippen molar-refractivity contribution in [3.63, 3.8) is 0 Å². The summed E-state index contributed by atoms with van der Waals surface area (Å²) in [4.78, 5) is 25.1. The molecule has 0 aliphatic heterocycles. The molecule has 0 bridgehead atoms. The fraction of sp³-hybridized carbons (Fsp3) is 0.778. The van der Waals surface area contributed by atoms with E-state index in [4.69, 9.17) is 5.73 Å². The van der Waals surface area contributed by atoms with Crippen molar-refractivity contribution in [3.05, 3.63) is 35.4 Å². The lowest BCUT2D eigenvalue weighted by molar-refractivity contribution is 0.0448. The molecule has 1 aromatic rings. The summed E-state index contributed by atoms with van der Waals surface area (Å²) in [5, 5.41) is 12.0. The average molecular weight is 571 g/mol. The first kappa shape index (κ1) is 35.3. The maximum Gasteiger partial charge on any atom is 0.404 e. The van der Waals surface area contributed by atoms with E-state index in [1.165, 1.54) is 96.3 Å². The lowest BCUT2D eigenvalue weighted by Crippen LogP contribution is -2.55. The number of carboxylic acid groups (broad SMARTS) is 1. The van der Waals surface area contributed by atoms with Gasteiger partial charge in [-0.1, -0.05) is 148 Å². The highest BCUT2D eigenvalue weighted by atomic mass is 16.4. The molecule has 4 N–H and O–H groups in total. The van der Waals surface area contributed by atoms with Gasteiger partial charge in [-0.05, 0) is 48.5 Å². The molecule has 1 fully saturated rings. The molecule has 234 valence electrons. The summed E-state index contributed by atoms with van der Waals surface area (Å²) in [6.07, 6.45) is 23.6. The summed E-state index contributed by atoms with van der Waals surface area (Å²) in [7, 11) is 0. The average Bonchev–Trinajstić information content (AvgIpc) is 2.90. The molecule has 1 aliphatic carbocycles. The summed E-state index contributed by atoms with van der Waals surface area (Å²) >= 11 is 0. The molecule has 5 heteroatoms. The van der Waals surface area contributed by atoms with Crippen LogP contribution in [0.15, 0.2) is 24.3 Å². The van der Waals surface area contributed by atoms with Crippen LogP contribution in [-0.2, 0) is 6.42 Å². The monoisotopic (exact) mass is 570 g/mol. The molecule has 0 aromatic heterocycles. The van der Waals surface area contributed by atoms with Gasteiger partial charge in [-0.15, -0.1) is 0 Å². The number of nitrogens with one attached hydrogen (secondary N) is 1. The number of hydrogen-bond acceptors (Lipinski definition) is 3. The molecule has 5 nitrogen and oxygen atoms in total. The van der Waals surface area contributed by atoms with Gasteiger partial charge >= 0.3 is 6.09 Å². The molecule has 0 radical (unpaired) electrons. The van der Waals surface area contributed by atoms with Crippen LogP contribution in [0.2, 0.25) is 0 Å². The van der Waals surface area contributed by atoms with Gasteiger partial charge in [0.25, 0.3) is 0 Å². The lowest BCUT2D eigenvalue weighted by Gasteiger charge is -2.48. The van der Waals surface area contributed by atoms with Crippen molar-refractivity contribution in [1.29, 1.82) is 0 Å². The van der Waals surface area contributed by atoms with Gasteiger partial charge in [-0.2, -0.15) is 0 Å². The Bertz CT molecular complexity index is 899. The van der Waals surface area contributed by atoms with Crippen LogP contribution >= 0.6 is 0 Å². The van der Waals surface area contributed by atoms with Crippen LogP contribution in [0.1, 0.15) is 166 Å².